The molecule has 122 valence electrons. The molecule has 2 aromatic rings. The van der Waals surface area contributed by atoms with Crippen LogP contribution in [-0.2, 0) is 19.6 Å². The fourth-order valence-electron chi connectivity index (χ4n) is 2.19. The van der Waals surface area contributed by atoms with E-state index in [1.165, 1.54) is 6.07 Å². The number of carbonyl (C=O) groups is 2. The van der Waals surface area contributed by atoms with E-state index in [2.05, 4.69) is 4.72 Å². The Labute approximate surface area is 133 Å². The first-order valence-corrected chi connectivity index (χ1v) is 8.29. The van der Waals surface area contributed by atoms with Gasteiger partial charge >= 0.3 is 0 Å². The van der Waals surface area contributed by atoms with E-state index >= 15 is 0 Å². The van der Waals surface area contributed by atoms with Gasteiger partial charge in [0.15, 0.2) is 0 Å². The summed E-state index contributed by atoms with van der Waals surface area (Å²) in [7, 11) is -4.10. The number of benzene rings is 2. The summed E-state index contributed by atoms with van der Waals surface area (Å²) in [6, 6.07) is 9.98. The molecule has 0 heterocycles. The average Bonchev–Trinajstić information content (AvgIpc) is 2.50. The van der Waals surface area contributed by atoms with Crippen molar-refractivity contribution < 1.29 is 23.1 Å². The first kappa shape index (κ1) is 16.9. The third-order valence-corrected chi connectivity index (χ3v) is 4.83. The fraction of sp³-hybridized carbons (Fsp3) is 0.200. The largest absolute Gasteiger partial charge is 0.548 e. The topological polar surface area (TPSA) is 129 Å². The molecule has 1 amide bonds. The second-order valence-electron chi connectivity index (χ2n) is 4.98. The maximum atomic E-state index is 12.5. The van der Waals surface area contributed by atoms with Crippen molar-refractivity contribution >= 4 is 32.7 Å². The predicted octanol–water partition coefficient (Wildman–Crippen LogP) is -0.498. The number of amides is 1. The van der Waals surface area contributed by atoms with Gasteiger partial charge in [0.2, 0.25) is 15.9 Å². The van der Waals surface area contributed by atoms with Gasteiger partial charge in [0.1, 0.15) is 0 Å². The van der Waals surface area contributed by atoms with Crippen molar-refractivity contribution in [2.75, 3.05) is 0 Å². The Hall–Kier alpha value is -2.45. The van der Waals surface area contributed by atoms with Gasteiger partial charge in [-0.1, -0.05) is 36.4 Å². The summed E-state index contributed by atoms with van der Waals surface area (Å²) in [5.41, 5.74) is 4.96. The molecule has 0 spiro atoms. The summed E-state index contributed by atoms with van der Waals surface area (Å²) in [5.74, 6) is -2.34. The molecule has 0 unspecified atom stereocenters. The second-order valence-corrected chi connectivity index (χ2v) is 6.66. The highest BCUT2D eigenvalue weighted by atomic mass is 32.2. The molecule has 0 bridgehead atoms. The molecule has 0 aromatic heterocycles. The Morgan fingerprint density at radius 3 is 2.43 bits per heavy atom. The van der Waals surface area contributed by atoms with E-state index in [1.54, 1.807) is 36.4 Å². The van der Waals surface area contributed by atoms with Crippen molar-refractivity contribution in [3.63, 3.8) is 0 Å². The van der Waals surface area contributed by atoms with Gasteiger partial charge in [-0.05, 0) is 17.9 Å². The van der Waals surface area contributed by atoms with Gasteiger partial charge in [-0.3, -0.25) is 4.79 Å². The van der Waals surface area contributed by atoms with E-state index in [0.717, 1.165) is 0 Å². The minimum Gasteiger partial charge on any atom is -0.548 e. The number of aliphatic carboxylic acids is 1. The number of rotatable bonds is 7. The van der Waals surface area contributed by atoms with Crippen molar-refractivity contribution in [3.05, 3.63) is 42.5 Å². The van der Waals surface area contributed by atoms with Crippen LogP contribution < -0.4 is 15.6 Å². The highest BCUT2D eigenvalue weighted by Gasteiger charge is 2.23. The molecule has 0 aliphatic carbocycles. The standard InChI is InChI=1S/C15H16N2O5S/c16-14(18)9-8-12(15(19)20)17-23(21,22)13-7-3-5-10-4-1-2-6-11(10)13/h1-7,12,17H,8-9H2,(H2,16,18)(H,19,20)/p-1/t12-/m0/s1. The van der Waals surface area contributed by atoms with Crippen molar-refractivity contribution in [2.45, 2.75) is 23.8 Å². The van der Waals surface area contributed by atoms with Crippen LogP contribution in [0.15, 0.2) is 47.4 Å². The molecule has 8 heteroatoms. The fourth-order valence-corrected chi connectivity index (χ4v) is 3.64. The van der Waals surface area contributed by atoms with Gasteiger partial charge in [0.25, 0.3) is 0 Å². The van der Waals surface area contributed by atoms with E-state index in [1.807, 2.05) is 0 Å². The number of hydrogen-bond donors (Lipinski definition) is 2. The van der Waals surface area contributed by atoms with E-state index in [0.29, 0.717) is 10.8 Å². The van der Waals surface area contributed by atoms with E-state index in [9.17, 15) is 23.1 Å². The Morgan fingerprint density at radius 2 is 1.78 bits per heavy atom. The molecule has 23 heavy (non-hydrogen) atoms. The maximum absolute atomic E-state index is 12.5. The first-order chi connectivity index (χ1) is 10.8. The lowest BCUT2D eigenvalue weighted by Gasteiger charge is -2.19. The lowest BCUT2D eigenvalue weighted by Crippen LogP contribution is -2.48. The van der Waals surface area contributed by atoms with Crippen LogP contribution in [0.3, 0.4) is 0 Å². The number of sulfonamides is 1. The monoisotopic (exact) mass is 335 g/mol. The Balaban J connectivity index is 2.36. The Morgan fingerprint density at radius 1 is 1.13 bits per heavy atom. The van der Waals surface area contributed by atoms with Crippen LogP contribution >= 0.6 is 0 Å². The first-order valence-electron chi connectivity index (χ1n) is 6.80. The minimum atomic E-state index is -4.10. The number of nitrogens with one attached hydrogen (secondary N) is 1. The zero-order valence-corrected chi connectivity index (χ0v) is 12.9. The van der Waals surface area contributed by atoms with Gasteiger partial charge < -0.3 is 15.6 Å². The van der Waals surface area contributed by atoms with Crippen LogP contribution in [0.2, 0.25) is 0 Å². The number of carbonyl (C=O) groups excluding carboxylic acids is 2. The quantitative estimate of drug-likeness (QED) is 0.705. The van der Waals surface area contributed by atoms with Gasteiger partial charge in [-0.2, -0.15) is 0 Å². The van der Waals surface area contributed by atoms with Gasteiger partial charge in [-0.25, -0.2) is 13.1 Å². The molecule has 0 saturated heterocycles. The lowest BCUT2D eigenvalue weighted by atomic mass is 10.1. The molecule has 0 saturated carbocycles. The van der Waals surface area contributed by atoms with E-state index < -0.39 is 27.9 Å². The lowest BCUT2D eigenvalue weighted by molar-refractivity contribution is -0.308. The molecule has 0 radical (unpaired) electrons. The molecule has 0 aliphatic rings. The highest BCUT2D eigenvalue weighted by molar-refractivity contribution is 7.89. The molecule has 0 aliphatic heterocycles. The van der Waals surface area contributed by atoms with E-state index in [4.69, 9.17) is 5.73 Å². The van der Waals surface area contributed by atoms with Crippen LogP contribution in [0, 0.1) is 0 Å². The van der Waals surface area contributed by atoms with E-state index in [-0.39, 0.29) is 17.7 Å². The number of carboxylic acids is 1. The van der Waals surface area contributed by atoms with Crippen molar-refractivity contribution in [2.24, 2.45) is 5.73 Å². The van der Waals surface area contributed by atoms with Crippen molar-refractivity contribution in [1.82, 2.24) is 4.72 Å². The molecular formula is C15H15N2O5S-. The van der Waals surface area contributed by atoms with Crippen molar-refractivity contribution in [3.8, 4) is 0 Å². The third-order valence-electron chi connectivity index (χ3n) is 3.30. The number of fused-ring (bicyclic) bond motifs is 1. The summed E-state index contributed by atoms with van der Waals surface area (Å²) in [5, 5.41) is 12.3. The molecular weight excluding hydrogens is 320 g/mol. The molecule has 7 nitrogen and oxygen atoms in total. The Kier molecular flexibility index (Phi) is 4.97. The van der Waals surface area contributed by atoms with Crippen LogP contribution in [0.25, 0.3) is 10.8 Å². The maximum Gasteiger partial charge on any atom is 0.241 e. The van der Waals surface area contributed by atoms with Crippen LogP contribution in [-0.4, -0.2) is 26.3 Å². The van der Waals surface area contributed by atoms with Crippen molar-refractivity contribution in [1.29, 1.82) is 0 Å². The molecule has 2 aromatic carbocycles. The SMILES string of the molecule is NC(=O)CC[C@H](NS(=O)(=O)c1cccc2ccccc12)C(=O)[O-]. The normalized spacial score (nSPS) is 12.9. The minimum absolute atomic E-state index is 0.0408. The number of primary amides is 1. The molecule has 3 N–H and O–H groups in total. The summed E-state index contributed by atoms with van der Waals surface area (Å²) < 4.78 is 27.0. The predicted molar refractivity (Wildman–Crippen MR) is 81.5 cm³/mol. The van der Waals surface area contributed by atoms with Gasteiger partial charge in [-0.15, -0.1) is 0 Å². The summed E-state index contributed by atoms with van der Waals surface area (Å²) in [6.07, 6.45) is -0.543. The zero-order valence-electron chi connectivity index (χ0n) is 12.1. The zero-order chi connectivity index (χ0) is 17.0. The molecule has 2 rings (SSSR count). The summed E-state index contributed by atoms with van der Waals surface area (Å²) in [6.45, 7) is 0. The summed E-state index contributed by atoms with van der Waals surface area (Å²) >= 11 is 0. The van der Waals surface area contributed by atoms with Crippen LogP contribution in [0.4, 0.5) is 0 Å². The highest BCUT2D eigenvalue weighted by Crippen LogP contribution is 2.23. The van der Waals surface area contributed by atoms with Crippen LogP contribution in [0.1, 0.15) is 12.8 Å². The smallest absolute Gasteiger partial charge is 0.241 e. The number of carboxylic acid groups (broad SMARTS) is 1. The number of nitrogens with two attached hydrogens (primary N) is 1. The Bertz CT molecular complexity index is 843. The van der Waals surface area contributed by atoms with Gasteiger partial charge in [0, 0.05) is 11.8 Å². The van der Waals surface area contributed by atoms with Crippen LogP contribution in [0.5, 0.6) is 0 Å². The summed E-state index contributed by atoms with van der Waals surface area (Å²) in [4.78, 5) is 21.8. The molecule has 0 fully saturated rings. The third kappa shape index (κ3) is 4.05. The molecule has 1 atom stereocenters. The average molecular weight is 335 g/mol. The second kappa shape index (κ2) is 6.76. The van der Waals surface area contributed by atoms with Gasteiger partial charge in [0.05, 0.1) is 16.9 Å². The number of hydrogen-bond acceptors (Lipinski definition) is 5.